The molecule has 1 unspecified atom stereocenters. The minimum atomic E-state index is -0.342. The van der Waals surface area contributed by atoms with Crippen molar-refractivity contribution in [2.45, 2.75) is 135 Å². The van der Waals surface area contributed by atoms with Gasteiger partial charge in [0.1, 0.15) is 6.23 Å². The summed E-state index contributed by atoms with van der Waals surface area (Å²) in [4.78, 5) is 0. The van der Waals surface area contributed by atoms with E-state index < -0.39 is 0 Å². The van der Waals surface area contributed by atoms with Crippen LogP contribution in [0.3, 0.4) is 0 Å². The summed E-state index contributed by atoms with van der Waals surface area (Å²) in [5, 5.41) is 21.7. The van der Waals surface area contributed by atoms with Gasteiger partial charge in [0.25, 0.3) is 0 Å². The quantitative estimate of drug-likeness (QED) is 0.154. The molecule has 0 heterocycles. The van der Waals surface area contributed by atoms with Crippen molar-refractivity contribution >= 4 is 0 Å². The molecular weight excluding hydrogens is 322 g/mol. The van der Waals surface area contributed by atoms with Crippen molar-refractivity contribution in [1.29, 1.82) is 0 Å². The van der Waals surface area contributed by atoms with Crippen molar-refractivity contribution in [3.63, 3.8) is 0 Å². The molecule has 3 heteroatoms. The zero-order valence-corrected chi connectivity index (χ0v) is 17.8. The topological polar surface area (TPSA) is 52.5 Å². The van der Waals surface area contributed by atoms with Gasteiger partial charge in [0.05, 0.1) is 0 Å². The Labute approximate surface area is 164 Å². The van der Waals surface area contributed by atoms with Crippen LogP contribution in [-0.2, 0) is 0 Å². The third-order valence-electron chi connectivity index (χ3n) is 5.30. The second-order valence-corrected chi connectivity index (χ2v) is 7.99. The Bertz CT molecular complexity index is 248. The van der Waals surface area contributed by atoms with E-state index in [1.54, 1.807) is 0 Å². The summed E-state index contributed by atoms with van der Waals surface area (Å²) < 4.78 is 0. The Kier molecular flexibility index (Phi) is 22.8. The van der Waals surface area contributed by atoms with Gasteiger partial charge >= 0.3 is 0 Å². The molecule has 0 radical (unpaired) electrons. The first kappa shape index (κ1) is 25.9. The molecule has 158 valence electrons. The molecule has 0 saturated heterocycles. The maximum Gasteiger partial charge on any atom is 0.104 e. The molecule has 0 aromatic heterocycles. The summed E-state index contributed by atoms with van der Waals surface area (Å²) in [6.45, 7) is 3.42. The fourth-order valence-electron chi connectivity index (χ4n) is 3.49. The normalized spacial score (nSPS) is 12.6. The standard InChI is InChI=1S/C23H49NO2/c1-2-3-4-5-6-7-8-9-10-11-12-13-14-15-17-20-23(26)24-21-18-16-19-22-25/h23-26H,2-22H2,1H3. The third-order valence-corrected chi connectivity index (χ3v) is 5.30. The number of rotatable bonds is 22. The van der Waals surface area contributed by atoms with Crippen molar-refractivity contribution in [3.05, 3.63) is 0 Å². The summed E-state index contributed by atoms with van der Waals surface area (Å²) in [6.07, 6.45) is 24.2. The molecule has 0 aliphatic carbocycles. The molecule has 26 heavy (non-hydrogen) atoms. The van der Waals surface area contributed by atoms with Gasteiger partial charge in [-0.15, -0.1) is 0 Å². The van der Waals surface area contributed by atoms with Gasteiger partial charge in [0.2, 0.25) is 0 Å². The number of hydrogen-bond donors (Lipinski definition) is 3. The maximum atomic E-state index is 9.85. The lowest BCUT2D eigenvalue weighted by Gasteiger charge is -2.12. The second kappa shape index (κ2) is 22.9. The fraction of sp³-hybridized carbons (Fsp3) is 1.00. The second-order valence-electron chi connectivity index (χ2n) is 7.99. The first-order valence-corrected chi connectivity index (χ1v) is 11.8. The summed E-state index contributed by atoms with van der Waals surface area (Å²) in [7, 11) is 0. The number of nitrogens with one attached hydrogen (secondary N) is 1. The largest absolute Gasteiger partial charge is 0.396 e. The van der Waals surface area contributed by atoms with Crippen LogP contribution < -0.4 is 5.32 Å². The SMILES string of the molecule is CCCCCCCCCCCCCCCCCC(O)NCCCCCO. The highest BCUT2D eigenvalue weighted by Gasteiger charge is 2.02. The molecular formula is C23H49NO2. The van der Waals surface area contributed by atoms with Crippen LogP contribution >= 0.6 is 0 Å². The van der Waals surface area contributed by atoms with Crippen molar-refractivity contribution in [1.82, 2.24) is 5.32 Å². The lowest BCUT2D eigenvalue weighted by atomic mass is 10.0. The lowest BCUT2D eigenvalue weighted by Crippen LogP contribution is -2.29. The molecule has 0 fully saturated rings. The van der Waals surface area contributed by atoms with E-state index in [0.717, 1.165) is 38.6 Å². The van der Waals surface area contributed by atoms with E-state index in [1.807, 2.05) is 0 Å². The zero-order chi connectivity index (χ0) is 19.1. The molecule has 0 aromatic carbocycles. The summed E-state index contributed by atoms with van der Waals surface area (Å²) >= 11 is 0. The lowest BCUT2D eigenvalue weighted by molar-refractivity contribution is 0.124. The van der Waals surface area contributed by atoms with E-state index in [9.17, 15) is 5.11 Å². The fourth-order valence-corrected chi connectivity index (χ4v) is 3.49. The van der Waals surface area contributed by atoms with Crippen molar-refractivity contribution in [2.75, 3.05) is 13.2 Å². The van der Waals surface area contributed by atoms with Crippen LogP contribution in [0.5, 0.6) is 0 Å². The highest BCUT2D eigenvalue weighted by atomic mass is 16.3. The van der Waals surface area contributed by atoms with Gasteiger partial charge in [-0.1, -0.05) is 96.8 Å². The van der Waals surface area contributed by atoms with E-state index in [1.165, 1.54) is 89.9 Å². The van der Waals surface area contributed by atoms with Crippen molar-refractivity contribution < 1.29 is 10.2 Å². The van der Waals surface area contributed by atoms with Crippen LogP contribution in [0.1, 0.15) is 129 Å². The molecule has 0 amide bonds. The minimum absolute atomic E-state index is 0.279. The number of aliphatic hydroxyl groups is 2. The first-order chi connectivity index (χ1) is 12.8. The molecule has 0 rings (SSSR count). The summed E-state index contributed by atoms with van der Waals surface area (Å²) in [5.74, 6) is 0. The van der Waals surface area contributed by atoms with Crippen LogP contribution in [0.2, 0.25) is 0 Å². The van der Waals surface area contributed by atoms with Gasteiger partial charge in [-0.05, 0) is 38.6 Å². The predicted molar refractivity (Wildman–Crippen MR) is 114 cm³/mol. The van der Waals surface area contributed by atoms with Gasteiger partial charge in [0.15, 0.2) is 0 Å². The molecule has 0 aliphatic rings. The Morgan fingerprint density at radius 3 is 1.46 bits per heavy atom. The van der Waals surface area contributed by atoms with Crippen LogP contribution in [0.4, 0.5) is 0 Å². The van der Waals surface area contributed by atoms with Crippen LogP contribution in [0, 0.1) is 0 Å². The van der Waals surface area contributed by atoms with Crippen LogP contribution in [0.15, 0.2) is 0 Å². The van der Waals surface area contributed by atoms with E-state index in [2.05, 4.69) is 12.2 Å². The molecule has 1 atom stereocenters. The van der Waals surface area contributed by atoms with E-state index in [4.69, 9.17) is 5.11 Å². The smallest absolute Gasteiger partial charge is 0.104 e. The summed E-state index contributed by atoms with van der Waals surface area (Å²) in [5.41, 5.74) is 0. The summed E-state index contributed by atoms with van der Waals surface area (Å²) in [6, 6.07) is 0. The van der Waals surface area contributed by atoms with Gasteiger partial charge in [-0.2, -0.15) is 0 Å². The average molecular weight is 372 g/mol. The third kappa shape index (κ3) is 21.9. The number of unbranched alkanes of at least 4 members (excludes halogenated alkanes) is 16. The van der Waals surface area contributed by atoms with Crippen molar-refractivity contribution in [2.24, 2.45) is 0 Å². The van der Waals surface area contributed by atoms with Crippen LogP contribution in [-0.4, -0.2) is 29.6 Å². The number of aliphatic hydroxyl groups excluding tert-OH is 2. The number of hydrogen-bond acceptors (Lipinski definition) is 3. The maximum absolute atomic E-state index is 9.85. The molecule has 0 aliphatic heterocycles. The Morgan fingerprint density at radius 2 is 1.00 bits per heavy atom. The molecule has 3 nitrogen and oxygen atoms in total. The van der Waals surface area contributed by atoms with E-state index >= 15 is 0 Å². The molecule has 0 saturated carbocycles. The minimum Gasteiger partial charge on any atom is -0.396 e. The highest BCUT2D eigenvalue weighted by molar-refractivity contribution is 4.56. The van der Waals surface area contributed by atoms with Gasteiger partial charge in [-0.25, -0.2) is 0 Å². The molecule has 0 bridgehead atoms. The average Bonchev–Trinajstić information content (AvgIpc) is 2.64. The monoisotopic (exact) mass is 371 g/mol. The highest BCUT2D eigenvalue weighted by Crippen LogP contribution is 2.13. The van der Waals surface area contributed by atoms with E-state index in [0.29, 0.717) is 0 Å². The van der Waals surface area contributed by atoms with Crippen LogP contribution in [0.25, 0.3) is 0 Å². The first-order valence-electron chi connectivity index (χ1n) is 11.8. The van der Waals surface area contributed by atoms with E-state index in [-0.39, 0.29) is 12.8 Å². The molecule has 0 aromatic rings. The van der Waals surface area contributed by atoms with Gasteiger partial charge in [-0.3, -0.25) is 5.32 Å². The van der Waals surface area contributed by atoms with Gasteiger partial charge < -0.3 is 10.2 Å². The van der Waals surface area contributed by atoms with Gasteiger partial charge in [0, 0.05) is 6.61 Å². The zero-order valence-electron chi connectivity index (χ0n) is 17.8. The Hall–Kier alpha value is -0.120. The molecule has 3 N–H and O–H groups in total. The Balaban J connectivity index is 3.08. The predicted octanol–water partition coefficient (Wildman–Crippen LogP) is 6.32. The molecule has 0 spiro atoms. The van der Waals surface area contributed by atoms with Crippen molar-refractivity contribution in [3.8, 4) is 0 Å². The Morgan fingerprint density at radius 1 is 0.577 bits per heavy atom.